The van der Waals surface area contributed by atoms with Crippen molar-refractivity contribution in [1.29, 1.82) is 0 Å². The van der Waals surface area contributed by atoms with Crippen LogP contribution in [0.1, 0.15) is 32.6 Å². The maximum Gasteiger partial charge on any atom is 0.248 e. The number of Topliss-reactive ketones (excluding diaryl/α,β-unsaturated/α-hetero) is 1. The van der Waals surface area contributed by atoms with E-state index in [1.54, 1.807) is 4.90 Å². The van der Waals surface area contributed by atoms with Crippen LogP contribution in [0.25, 0.3) is 0 Å². The average molecular weight is 270 g/mol. The molecule has 1 saturated heterocycles. The molecule has 0 aliphatic carbocycles. The number of methoxy groups -OCH3 is 1. The van der Waals surface area contributed by atoms with Crippen molar-refractivity contribution in [2.75, 3.05) is 26.8 Å². The van der Waals surface area contributed by atoms with Crippen LogP contribution in [0.4, 0.5) is 0 Å². The van der Waals surface area contributed by atoms with Crippen LogP contribution in [0, 0.1) is 0 Å². The summed E-state index contributed by atoms with van der Waals surface area (Å²) >= 11 is 0. The minimum absolute atomic E-state index is 0.0103. The highest BCUT2D eigenvalue weighted by atomic mass is 16.5. The first-order valence-electron chi connectivity index (χ1n) is 6.58. The molecule has 6 nitrogen and oxygen atoms in total. The van der Waals surface area contributed by atoms with E-state index in [1.165, 1.54) is 14.0 Å². The number of hydrogen-bond donors (Lipinski definition) is 1. The Kier molecular flexibility index (Phi) is 6.49. The van der Waals surface area contributed by atoms with Crippen molar-refractivity contribution in [2.45, 2.75) is 38.6 Å². The summed E-state index contributed by atoms with van der Waals surface area (Å²) in [5, 5.41) is 2.91. The van der Waals surface area contributed by atoms with Gasteiger partial charge in [0.2, 0.25) is 11.8 Å². The zero-order valence-electron chi connectivity index (χ0n) is 11.6. The third-order valence-corrected chi connectivity index (χ3v) is 3.18. The summed E-state index contributed by atoms with van der Waals surface area (Å²) in [6, 6.07) is 0.103. The van der Waals surface area contributed by atoms with E-state index in [9.17, 15) is 14.4 Å². The van der Waals surface area contributed by atoms with E-state index >= 15 is 0 Å². The molecule has 0 radical (unpaired) electrons. The van der Waals surface area contributed by atoms with Crippen molar-refractivity contribution >= 4 is 17.6 Å². The van der Waals surface area contributed by atoms with Crippen LogP contribution in [0.3, 0.4) is 0 Å². The predicted octanol–water partition coefficient (Wildman–Crippen LogP) is 0.109. The monoisotopic (exact) mass is 270 g/mol. The molecule has 0 saturated carbocycles. The molecule has 2 amide bonds. The highest BCUT2D eigenvalue weighted by Crippen LogP contribution is 2.11. The number of piperidine rings is 1. The molecule has 0 spiro atoms. The lowest BCUT2D eigenvalue weighted by molar-refractivity contribution is -0.136. The van der Waals surface area contributed by atoms with Gasteiger partial charge in [-0.2, -0.15) is 0 Å². The van der Waals surface area contributed by atoms with E-state index < -0.39 is 0 Å². The van der Waals surface area contributed by atoms with Gasteiger partial charge in [0.15, 0.2) is 0 Å². The number of carbonyl (C=O) groups is 3. The Morgan fingerprint density at radius 1 is 1.21 bits per heavy atom. The van der Waals surface area contributed by atoms with Crippen LogP contribution in [0.15, 0.2) is 0 Å². The second-order valence-corrected chi connectivity index (χ2v) is 4.86. The van der Waals surface area contributed by atoms with Crippen LogP contribution in [-0.4, -0.2) is 55.3 Å². The molecule has 6 heteroatoms. The number of nitrogens with zero attached hydrogens (tertiary/aromatic N) is 1. The minimum atomic E-state index is -0.0862. The number of carbonyl (C=O) groups excluding carboxylic acids is 3. The molecular formula is C13H22N2O4. The predicted molar refractivity (Wildman–Crippen MR) is 69.5 cm³/mol. The van der Waals surface area contributed by atoms with Crippen LogP contribution in [0.5, 0.6) is 0 Å². The molecule has 1 rings (SSSR count). The number of ether oxygens (including phenoxy) is 1. The topological polar surface area (TPSA) is 75.7 Å². The van der Waals surface area contributed by atoms with Crippen molar-refractivity contribution in [2.24, 2.45) is 0 Å². The molecule has 0 bridgehead atoms. The third-order valence-electron chi connectivity index (χ3n) is 3.18. The molecule has 1 N–H and O–H groups in total. The Hall–Kier alpha value is -1.43. The van der Waals surface area contributed by atoms with Crippen molar-refractivity contribution in [3.63, 3.8) is 0 Å². The molecule has 0 aromatic carbocycles. The van der Waals surface area contributed by atoms with Crippen molar-refractivity contribution in [3.05, 3.63) is 0 Å². The van der Waals surface area contributed by atoms with E-state index in [2.05, 4.69) is 5.32 Å². The van der Waals surface area contributed by atoms with Crippen LogP contribution >= 0.6 is 0 Å². The van der Waals surface area contributed by atoms with Crippen LogP contribution in [-0.2, 0) is 19.1 Å². The number of hydrogen-bond acceptors (Lipinski definition) is 4. The second-order valence-electron chi connectivity index (χ2n) is 4.86. The van der Waals surface area contributed by atoms with Gasteiger partial charge in [-0.05, 0) is 19.8 Å². The molecule has 108 valence electrons. The Labute approximate surface area is 113 Å². The molecule has 1 aliphatic rings. The van der Waals surface area contributed by atoms with Gasteiger partial charge in [0.05, 0.1) is 0 Å². The molecular weight excluding hydrogens is 248 g/mol. The average Bonchev–Trinajstić information content (AvgIpc) is 2.37. The molecule has 19 heavy (non-hydrogen) atoms. The van der Waals surface area contributed by atoms with Crippen molar-refractivity contribution in [1.82, 2.24) is 10.2 Å². The Bertz CT molecular complexity index is 336. The van der Waals surface area contributed by atoms with Crippen LogP contribution < -0.4 is 5.32 Å². The summed E-state index contributed by atoms with van der Waals surface area (Å²) < 4.78 is 4.81. The first kappa shape index (κ1) is 15.6. The standard InChI is InChI=1S/C13H22N2O4/c1-10(16)3-4-12(17)14-11-5-7-15(8-6-11)13(18)9-19-2/h11H,3-9H2,1-2H3,(H,14,17). The van der Waals surface area contributed by atoms with Gasteiger partial charge in [-0.3, -0.25) is 9.59 Å². The molecule has 0 aromatic heterocycles. The van der Waals surface area contributed by atoms with E-state index in [-0.39, 0.29) is 43.1 Å². The van der Waals surface area contributed by atoms with Gasteiger partial charge in [0.1, 0.15) is 12.4 Å². The summed E-state index contributed by atoms with van der Waals surface area (Å²) in [6.45, 7) is 2.86. The maximum atomic E-state index is 11.6. The number of ketones is 1. The first-order chi connectivity index (χ1) is 9.02. The lowest BCUT2D eigenvalue weighted by Gasteiger charge is -2.32. The summed E-state index contributed by atoms with van der Waals surface area (Å²) in [5.41, 5.74) is 0. The number of rotatable bonds is 6. The fraction of sp³-hybridized carbons (Fsp3) is 0.769. The van der Waals surface area contributed by atoms with Gasteiger partial charge in [-0.15, -0.1) is 0 Å². The van der Waals surface area contributed by atoms with Gasteiger partial charge < -0.3 is 19.7 Å². The molecule has 1 fully saturated rings. The van der Waals surface area contributed by atoms with E-state index in [4.69, 9.17) is 4.74 Å². The molecule has 0 unspecified atom stereocenters. The molecule has 0 atom stereocenters. The first-order valence-corrected chi connectivity index (χ1v) is 6.58. The Balaban J connectivity index is 2.24. The van der Waals surface area contributed by atoms with Gasteiger partial charge in [0.25, 0.3) is 0 Å². The van der Waals surface area contributed by atoms with Crippen LogP contribution in [0.2, 0.25) is 0 Å². The zero-order chi connectivity index (χ0) is 14.3. The molecule has 0 aromatic rings. The van der Waals surface area contributed by atoms with Gasteiger partial charge in [-0.1, -0.05) is 0 Å². The fourth-order valence-corrected chi connectivity index (χ4v) is 2.08. The number of amides is 2. The Morgan fingerprint density at radius 3 is 2.37 bits per heavy atom. The fourth-order valence-electron chi connectivity index (χ4n) is 2.08. The lowest BCUT2D eigenvalue weighted by atomic mass is 10.0. The van der Waals surface area contributed by atoms with Gasteiger partial charge in [0, 0.05) is 39.1 Å². The molecule has 1 aliphatic heterocycles. The quantitative estimate of drug-likeness (QED) is 0.743. The largest absolute Gasteiger partial charge is 0.375 e. The van der Waals surface area contributed by atoms with E-state index in [0.717, 1.165) is 12.8 Å². The normalized spacial score (nSPS) is 16.2. The zero-order valence-corrected chi connectivity index (χ0v) is 11.6. The van der Waals surface area contributed by atoms with Gasteiger partial charge >= 0.3 is 0 Å². The van der Waals surface area contributed by atoms with Gasteiger partial charge in [-0.25, -0.2) is 0 Å². The van der Waals surface area contributed by atoms with E-state index in [1.807, 2.05) is 0 Å². The summed E-state index contributed by atoms with van der Waals surface area (Å²) in [4.78, 5) is 35.7. The lowest BCUT2D eigenvalue weighted by Crippen LogP contribution is -2.47. The minimum Gasteiger partial charge on any atom is -0.375 e. The highest BCUT2D eigenvalue weighted by Gasteiger charge is 2.23. The smallest absolute Gasteiger partial charge is 0.248 e. The summed E-state index contributed by atoms with van der Waals surface area (Å²) in [6.07, 6.45) is 2.04. The summed E-state index contributed by atoms with van der Waals surface area (Å²) in [7, 11) is 1.50. The van der Waals surface area contributed by atoms with Crippen molar-refractivity contribution in [3.8, 4) is 0 Å². The Morgan fingerprint density at radius 2 is 1.84 bits per heavy atom. The van der Waals surface area contributed by atoms with E-state index in [0.29, 0.717) is 13.1 Å². The molecule has 1 heterocycles. The third kappa shape index (κ3) is 5.83. The van der Waals surface area contributed by atoms with Crippen molar-refractivity contribution < 1.29 is 19.1 Å². The highest BCUT2D eigenvalue weighted by molar-refractivity contribution is 5.83. The second kappa shape index (κ2) is 7.89. The summed E-state index contributed by atoms with van der Waals surface area (Å²) in [5.74, 6) is -0.0733. The SMILES string of the molecule is COCC(=O)N1CCC(NC(=O)CCC(C)=O)CC1. The number of likely N-dealkylation sites (tertiary alicyclic amines) is 1. The number of nitrogens with one attached hydrogen (secondary N) is 1. The maximum absolute atomic E-state index is 11.6.